The van der Waals surface area contributed by atoms with Gasteiger partial charge in [-0.1, -0.05) is 22.7 Å². The maximum Gasteiger partial charge on any atom is 0.155 e. The van der Waals surface area contributed by atoms with E-state index in [4.69, 9.17) is 19.4 Å². The van der Waals surface area contributed by atoms with Gasteiger partial charge in [0.05, 0.1) is 13.2 Å². The maximum absolute atomic E-state index is 5.49. The Bertz CT molecular complexity index is 894. The second kappa shape index (κ2) is 7.43. The van der Waals surface area contributed by atoms with Crippen LogP contribution in [0.5, 0.6) is 11.5 Å². The molecule has 0 fully saturated rings. The zero-order valence-corrected chi connectivity index (χ0v) is 16.2. The van der Waals surface area contributed by atoms with Crippen LogP contribution >= 0.6 is 22.7 Å². The van der Waals surface area contributed by atoms with E-state index in [1.54, 1.807) is 22.7 Å². The highest BCUT2D eigenvalue weighted by Crippen LogP contribution is 2.37. The minimum atomic E-state index is 0.671. The quantitative estimate of drug-likeness (QED) is 0.417. The molecule has 2 heterocycles. The molecule has 0 atom stereocenters. The topological polar surface area (TPSA) is 44.2 Å². The molecule has 4 aromatic rings. The molecular formula is C20H18N2O2S2. The Morgan fingerprint density at radius 2 is 1.04 bits per heavy atom. The van der Waals surface area contributed by atoms with Crippen molar-refractivity contribution in [3.63, 3.8) is 0 Å². The number of hydrogen-bond acceptors (Lipinski definition) is 6. The van der Waals surface area contributed by atoms with Gasteiger partial charge in [0.2, 0.25) is 0 Å². The Labute approximate surface area is 160 Å². The van der Waals surface area contributed by atoms with Gasteiger partial charge in [-0.3, -0.25) is 0 Å². The second-order valence-corrected chi connectivity index (χ2v) is 7.52. The molecule has 4 rings (SSSR count). The van der Waals surface area contributed by atoms with E-state index < -0.39 is 0 Å². The van der Waals surface area contributed by atoms with Gasteiger partial charge in [-0.05, 0) is 62.4 Å². The maximum atomic E-state index is 5.49. The molecule has 0 spiro atoms. The molecule has 0 unspecified atom stereocenters. The van der Waals surface area contributed by atoms with Crippen molar-refractivity contribution in [2.45, 2.75) is 13.8 Å². The minimum Gasteiger partial charge on any atom is -0.494 e. The van der Waals surface area contributed by atoms with E-state index in [0.29, 0.717) is 13.2 Å². The molecule has 132 valence electrons. The fourth-order valence-electron chi connectivity index (χ4n) is 2.61. The summed E-state index contributed by atoms with van der Waals surface area (Å²) in [4.78, 5) is 11.5. The lowest BCUT2D eigenvalue weighted by Gasteiger charge is -2.03. The van der Waals surface area contributed by atoms with Crippen LogP contribution in [-0.2, 0) is 0 Å². The summed E-state index contributed by atoms with van der Waals surface area (Å²) in [6, 6.07) is 16.1. The molecule has 0 radical (unpaired) electrons. The van der Waals surface area contributed by atoms with Crippen LogP contribution < -0.4 is 9.47 Å². The molecule has 0 N–H and O–H groups in total. The Morgan fingerprint density at radius 1 is 0.654 bits per heavy atom. The van der Waals surface area contributed by atoms with E-state index in [0.717, 1.165) is 42.3 Å². The lowest BCUT2D eigenvalue weighted by Crippen LogP contribution is -1.90. The normalized spacial score (nSPS) is 11.0. The first-order valence-corrected chi connectivity index (χ1v) is 10.1. The van der Waals surface area contributed by atoms with E-state index in [-0.39, 0.29) is 0 Å². The zero-order valence-electron chi connectivity index (χ0n) is 14.6. The Hall–Kier alpha value is -2.44. The Balaban J connectivity index is 1.58. The fraction of sp³-hybridized carbons (Fsp3) is 0.200. The van der Waals surface area contributed by atoms with Crippen LogP contribution in [0.3, 0.4) is 0 Å². The molecule has 0 bridgehead atoms. The average molecular weight is 383 g/mol. The first-order valence-electron chi connectivity index (χ1n) is 8.50. The van der Waals surface area contributed by atoms with Gasteiger partial charge in [-0.25, -0.2) is 9.97 Å². The van der Waals surface area contributed by atoms with Gasteiger partial charge >= 0.3 is 0 Å². The largest absolute Gasteiger partial charge is 0.494 e. The second-order valence-electron chi connectivity index (χ2n) is 5.56. The predicted molar refractivity (Wildman–Crippen MR) is 109 cm³/mol. The third-order valence-corrected chi connectivity index (χ3v) is 5.93. The van der Waals surface area contributed by atoms with Crippen molar-refractivity contribution in [1.82, 2.24) is 9.97 Å². The monoisotopic (exact) mass is 382 g/mol. The van der Waals surface area contributed by atoms with Gasteiger partial charge < -0.3 is 9.47 Å². The minimum absolute atomic E-state index is 0.671. The first kappa shape index (κ1) is 17.0. The molecule has 2 aromatic carbocycles. The summed E-state index contributed by atoms with van der Waals surface area (Å²) in [5.41, 5.74) is 2.18. The molecule has 0 saturated carbocycles. The lowest BCUT2D eigenvalue weighted by molar-refractivity contribution is 0.340. The number of ether oxygens (including phenoxy) is 2. The number of thiazole rings is 2. The summed E-state index contributed by atoms with van der Waals surface area (Å²) in [6.07, 6.45) is 0. The van der Waals surface area contributed by atoms with E-state index in [9.17, 15) is 0 Å². The van der Waals surface area contributed by atoms with E-state index in [1.165, 1.54) is 0 Å². The van der Waals surface area contributed by atoms with Crippen molar-refractivity contribution in [3.8, 4) is 32.6 Å². The molecule has 4 nitrogen and oxygen atoms in total. The summed E-state index contributed by atoms with van der Waals surface area (Å²) < 4.78 is 11.0. The standard InChI is InChI=1S/C20H18N2O2S2/c1-3-23-15-9-5-13(6-10-15)17-21-19-20(25-17)22-18(26-19)14-7-11-16(12-8-14)24-4-2/h5-12H,3-4H2,1-2H3. The highest BCUT2D eigenvalue weighted by molar-refractivity contribution is 7.29. The van der Waals surface area contributed by atoms with Crippen molar-refractivity contribution >= 4 is 32.3 Å². The molecule has 0 saturated heterocycles. The fourth-order valence-corrected chi connectivity index (χ4v) is 4.66. The van der Waals surface area contributed by atoms with Crippen molar-refractivity contribution in [2.75, 3.05) is 13.2 Å². The first-order chi connectivity index (χ1) is 12.8. The number of aromatic nitrogens is 2. The molecule has 2 aromatic heterocycles. The van der Waals surface area contributed by atoms with Crippen LogP contribution in [0.2, 0.25) is 0 Å². The molecule has 0 aliphatic rings. The summed E-state index contributed by atoms with van der Waals surface area (Å²) in [5, 5.41) is 1.97. The van der Waals surface area contributed by atoms with E-state index >= 15 is 0 Å². The summed E-state index contributed by atoms with van der Waals surface area (Å²) >= 11 is 3.24. The highest BCUT2D eigenvalue weighted by atomic mass is 32.1. The molecular weight excluding hydrogens is 364 g/mol. The van der Waals surface area contributed by atoms with E-state index in [2.05, 4.69) is 0 Å². The molecule has 6 heteroatoms. The van der Waals surface area contributed by atoms with Crippen molar-refractivity contribution in [3.05, 3.63) is 48.5 Å². The van der Waals surface area contributed by atoms with Crippen LogP contribution in [-0.4, -0.2) is 23.2 Å². The molecule has 0 aliphatic heterocycles. The average Bonchev–Trinajstić information content (AvgIpc) is 3.23. The molecule has 0 aliphatic carbocycles. The zero-order chi connectivity index (χ0) is 17.9. The Morgan fingerprint density at radius 3 is 1.38 bits per heavy atom. The smallest absolute Gasteiger partial charge is 0.155 e. The Kier molecular flexibility index (Phi) is 4.86. The van der Waals surface area contributed by atoms with Gasteiger partial charge in [-0.15, -0.1) is 0 Å². The van der Waals surface area contributed by atoms with E-state index in [1.807, 2.05) is 62.4 Å². The highest BCUT2D eigenvalue weighted by Gasteiger charge is 2.13. The van der Waals surface area contributed by atoms with Gasteiger partial charge in [0.25, 0.3) is 0 Å². The van der Waals surface area contributed by atoms with Crippen LogP contribution in [0, 0.1) is 0 Å². The lowest BCUT2D eigenvalue weighted by atomic mass is 10.2. The molecule has 26 heavy (non-hydrogen) atoms. The van der Waals surface area contributed by atoms with Crippen molar-refractivity contribution < 1.29 is 9.47 Å². The number of benzene rings is 2. The number of hydrogen-bond donors (Lipinski definition) is 0. The van der Waals surface area contributed by atoms with Crippen molar-refractivity contribution in [2.24, 2.45) is 0 Å². The summed E-state index contributed by atoms with van der Waals surface area (Å²) in [5.74, 6) is 1.76. The number of rotatable bonds is 6. The van der Waals surface area contributed by atoms with Crippen LogP contribution in [0.15, 0.2) is 48.5 Å². The van der Waals surface area contributed by atoms with Crippen LogP contribution in [0.4, 0.5) is 0 Å². The summed E-state index contributed by atoms with van der Waals surface area (Å²) in [7, 11) is 0. The number of nitrogens with zero attached hydrogens (tertiary/aromatic N) is 2. The summed E-state index contributed by atoms with van der Waals surface area (Å²) in [6.45, 7) is 5.31. The van der Waals surface area contributed by atoms with Crippen LogP contribution in [0.25, 0.3) is 30.8 Å². The van der Waals surface area contributed by atoms with Gasteiger partial charge in [0, 0.05) is 11.1 Å². The van der Waals surface area contributed by atoms with Crippen LogP contribution in [0.1, 0.15) is 13.8 Å². The molecule has 0 amide bonds. The van der Waals surface area contributed by atoms with Gasteiger partial charge in [0.15, 0.2) is 9.66 Å². The third kappa shape index (κ3) is 3.43. The van der Waals surface area contributed by atoms with Crippen molar-refractivity contribution in [1.29, 1.82) is 0 Å². The third-order valence-electron chi connectivity index (χ3n) is 3.80. The number of fused-ring (bicyclic) bond motifs is 1. The van der Waals surface area contributed by atoms with Gasteiger partial charge in [-0.2, -0.15) is 0 Å². The predicted octanol–water partition coefficient (Wildman–Crippen LogP) is 5.88. The van der Waals surface area contributed by atoms with Gasteiger partial charge in [0.1, 0.15) is 21.5 Å². The SMILES string of the molecule is CCOc1ccc(-c2nc3sc(-c4ccc(OCC)cc4)nc3s2)cc1.